The molecule has 1 atom stereocenters. The van der Waals surface area contributed by atoms with E-state index in [1.54, 1.807) is 19.4 Å². The molecule has 1 aliphatic heterocycles. The molecular weight excluding hydrogens is 294 g/mol. The maximum atomic E-state index is 12.6. The number of likely N-dealkylation sites (tertiary alicyclic amines) is 1. The fraction of sp³-hybridized carbons (Fsp3) is 0.471. The predicted molar refractivity (Wildman–Crippen MR) is 83.9 cm³/mol. The number of methoxy groups -OCH3 is 1. The third-order valence-electron chi connectivity index (χ3n) is 4.22. The van der Waals surface area contributed by atoms with Crippen LogP contribution in [0.1, 0.15) is 43.0 Å². The summed E-state index contributed by atoms with van der Waals surface area (Å²) in [7, 11) is 1.54. The van der Waals surface area contributed by atoms with Crippen molar-refractivity contribution in [2.75, 3.05) is 13.7 Å². The fourth-order valence-corrected chi connectivity index (χ4v) is 3.03. The fourth-order valence-electron chi connectivity index (χ4n) is 3.03. The summed E-state index contributed by atoms with van der Waals surface area (Å²) < 4.78 is 10.1. The number of ether oxygens (including phenoxy) is 1. The van der Waals surface area contributed by atoms with Gasteiger partial charge in [0.25, 0.3) is 5.88 Å². The van der Waals surface area contributed by atoms with Crippen molar-refractivity contribution < 1.29 is 14.1 Å². The lowest BCUT2D eigenvalue weighted by Gasteiger charge is -2.36. The molecule has 3 heterocycles. The second kappa shape index (κ2) is 7.26. The van der Waals surface area contributed by atoms with Crippen molar-refractivity contribution >= 4 is 5.91 Å². The van der Waals surface area contributed by atoms with Gasteiger partial charge in [-0.05, 0) is 36.0 Å². The molecule has 6 heteroatoms. The van der Waals surface area contributed by atoms with Crippen LogP contribution in [0.25, 0.3) is 0 Å². The summed E-state index contributed by atoms with van der Waals surface area (Å²) >= 11 is 0. The molecule has 0 aromatic carbocycles. The minimum atomic E-state index is 0.134. The summed E-state index contributed by atoms with van der Waals surface area (Å²) in [6.07, 6.45) is 7.75. The third-order valence-corrected chi connectivity index (χ3v) is 4.22. The second-order valence-electron chi connectivity index (χ2n) is 5.72. The quantitative estimate of drug-likeness (QED) is 0.848. The van der Waals surface area contributed by atoms with Crippen molar-refractivity contribution in [1.82, 2.24) is 15.0 Å². The van der Waals surface area contributed by atoms with E-state index in [0.717, 1.165) is 31.4 Å². The molecule has 1 fully saturated rings. The zero-order valence-corrected chi connectivity index (χ0v) is 13.3. The minimum Gasteiger partial charge on any atom is -0.479 e. The lowest BCUT2D eigenvalue weighted by atomic mass is 9.96. The van der Waals surface area contributed by atoms with Crippen LogP contribution in [0.4, 0.5) is 0 Å². The molecular formula is C17H21N3O3. The lowest BCUT2D eigenvalue weighted by molar-refractivity contribution is -0.135. The number of piperidine rings is 1. The molecule has 1 amide bonds. The van der Waals surface area contributed by atoms with E-state index < -0.39 is 0 Å². The zero-order valence-electron chi connectivity index (χ0n) is 13.3. The average Bonchev–Trinajstić information content (AvgIpc) is 3.08. The van der Waals surface area contributed by atoms with Gasteiger partial charge < -0.3 is 14.2 Å². The predicted octanol–water partition coefficient (Wildman–Crippen LogP) is 2.76. The highest BCUT2D eigenvalue weighted by atomic mass is 16.5. The Kier molecular flexibility index (Phi) is 4.90. The number of aryl methyl sites for hydroxylation is 1. The molecule has 0 bridgehead atoms. The Hall–Kier alpha value is -2.37. The Morgan fingerprint density at radius 3 is 3.13 bits per heavy atom. The largest absolute Gasteiger partial charge is 0.479 e. The first-order valence-corrected chi connectivity index (χ1v) is 7.97. The Bertz CT molecular complexity index is 642. The van der Waals surface area contributed by atoms with E-state index in [-0.39, 0.29) is 11.9 Å². The van der Waals surface area contributed by atoms with E-state index in [4.69, 9.17) is 9.26 Å². The number of rotatable bonds is 5. The summed E-state index contributed by atoms with van der Waals surface area (Å²) in [5, 5.41) is 3.76. The van der Waals surface area contributed by atoms with Crippen LogP contribution < -0.4 is 4.74 Å². The second-order valence-corrected chi connectivity index (χ2v) is 5.72. The molecule has 0 saturated carbocycles. The van der Waals surface area contributed by atoms with E-state index in [2.05, 4.69) is 10.1 Å². The lowest BCUT2D eigenvalue weighted by Crippen LogP contribution is -2.38. The molecule has 1 aliphatic rings. The number of hydrogen-bond acceptors (Lipinski definition) is 5. The molecule has 0 radical (unpaired) electrons. The first-order valence-electron chi connectivity index (χ1n) is 7.97. The number of hydrogen-bond donors (Lipinski definition) is 0. The van der Waals surface area contributed by atoms with Gasteiger partial charge in [-0.15, -0.1) is 0 Å². The number of pyridine rings is 1. The van der Waals surface area contributed by atoms with Gasteiger partial charge in [-0.3, -0.25) is 9.78 Å². The molecule has 6 nitrogen and oxygen atoms in total. The van der Waals surface area contributed by atoms with Crippen molar-refractivity contribution in [2.45, 2.75) is 38.1 Å². The van der Waals surface area contributed by atoms with Crippen molar-refractivity contribution in [2.24, 2.45) is 0 Å². The SMILES string of the molecule is COc1cc(CCC(=O)N2CCCC[C@H]2c2cccnc2)on1. The van der Waals surface area contributed by atoms with Gasteiger partial charge >= 0.3 is 0 Å². The number of amides is 1. The van der Waals surface area contributed by atoms with Crippen LogP contribution in [0.5, 0.6) is 5.88 Å². The smallest absolute Gasteiger partial charge is 0.254 e. The van der Waals surface area contributed by atoms with Gasteiger partial charge in [0, 0.05) is 37.8 Å². The highest BCUT2D eigenvalue weighted by Gasteiger charge is 2.27. The summed E-state index contributed by atoms with van der Waals surface area (Å²) in [5.41, 5.74) is 1.11. The molecule has 0 aliphatic carbocycles. The Balaban J connectivity index is 1.64. The van der Waals surface area contributed by atoms with Crippen LogP contribution >= 0.6 is 0 Å². The number of aromatic nitrogens is 2. The first-order chi connectivity index (χ1) is 11.3. The van der Waals surface area contributed by atoms with E-state index in [1.807, 2.05) is 23.2 Å². The van der Waals surface area contributed by atoms with Gasteiger partial charge in [0.15, 0.2) is 0 Å². The maximum absolute atomic E-state index is 12.6. The topological polar surface area (TPSA) is 68.5 Å². The highest BCUT2D eigenvalue weighted by molar-refractivity contribution is 5.77. The summed E-state index contributed by atoms with van der Waals surface area (Å²) in [5.74, 6) is 1.26. The van der Waals surface area contributed by atoms with Crippen LogP contribution in [0.2, 0.25) is 0 Å². The molecule has 0 spiro atoms. The average molecular weight is 315 g/mol. The summed E-state index contributed by atoms with van der Waals surface area (Å²) in [6, 6.07) is 5.83. The normalized spacial score (nSPS) is 18.0. The van der Waals surface area contributed by atoms with Crippen LogP contribution in [-0.2, 0) is 11.2 Å². The number of carbonyl (C=O) groups excluding carboxylic acids is 1. The minimum absolute atomic E-state index is 0.134. The molecule has 2 aromatic heterocycles. The number of nitrogens with zero attached hydrogens (tertiary/aromatic N) is 3. The van der Waals surface area contributed by atoms with E-state index in [9.17, 15) is 4.79 Å². The van der Waals surface area contributed by atoms with E-state index in [0.29, 0.717) is 24.5 Å². The molecule has 0 unspecified atom stereocenters. The van der Waals surface area contributed by atoms with Gasteiger partial charge in [0.2, 0.25) is 5.91 Å². The van der Waals surface area contributed by atoms with Crippen LogP contribution in [0, 0.1) is 0 Å². The van der Waals surface area contributed by atoms with Crippen LogP contribution in [0.15, 0.2) is 35.1 Å². The standard InChI is InChI=1S/C17H21N3O3/c1-22-16-11-14(23-19-16)7-8-17(21)20-10-3-2-6-15(20)13-5-4-9-18-12-13/h4-5,9,11-12,15H,2-3,6-8,10H2,1H3/t15-/m0/s1. The Labute approximate surface area is 135 Å². The monoisotopic (exact) mass is 315 g/mol. The van der Waals surface area contributed by atoms with Gasteiger partial charge in [-0.1, -0.05) is 6.07 Å². The molecule has 0 N–H and O–H groups in total. The van der Waals surface area contributed by atoms with Crippen LogP contribution in [-0.4, -0.2) is 34.6 Å². The molecule has 2 aromatic rings. The van der Waals surface area contributed by atoms with Crippen molar-refractivity contribution in [1.29, 1.82) is 0 Å². The summed E-state index contributed by atoms with van der Waals surface area (Å²) in [4.78, 5) is 18.8. The van der Waals surface area contributed by atoms with Gasteiger partial charge in [-0.25, -0.2) is 0 Å². The van der Waals surface area contributed by atoms with Crippen molar-refractivity contribution in [3.63, 3.8) is 0 Å². The summed E-state index contributed by atoms with van der Waals surface area (Å²) in [6.45, 7) is 0.804. The van der Waals surface area contributed by atoms with Crippen LogP contribution in [0.3, 0.4) is 0 Å². The van der Waals surface area contributed by atoms with Crippen molar-refractivity contribution in [3.8, 4) is 5.88 Å². The molecule has 3 rings (SSSR count). The highest BCUT2D eigenvalue weighted by Crippen LogP contribution is 2.31. The zero-order chi connectivity index (χ0) is 16.1. The molecule has 23 heavy (non-hydrogen) atoms. The molecule has 122 valence electrons. The van der Waals surface area contributed by atoms with Gasteiger partial charge in [0.05, 0.1) is 13.2 Å². The third kappa shape index (κ3) is 3.70. The Morgan fingerprint density at radius 1 is 1.48 bits per heavy atom. The van der Waals surface area contributed by atoms with E-state index >= 15 is 0 Å². The van der Waals surface area contributed by atoms with Crippen molar-refractivity contribution in [3.05, 3.63) is 41.9 Å². The van der Waals surface area contributed by atoms with E-state index in [1.165, 1.54) is 0 Å². The molecule has 1 saturated heterocycles. The number of carbonyl (C=O) groups is 1. The maximum Gasteiger partial charge on any atom is 0.254 e. The van der Waals surface area contributed by atoms with Gasteiger partial charge in [0.1, 0.15) is 5.76 Å². The first kappa shape index (κ1) is 15.5. The Morgan fingerprint density at radius 2 is 2.39 bits per heavy atom. The van der Waals surface area contributed by atoms with Gasteiger partial charge in [-0.2, -0.15) is 0 Å².